The Kier molecular flexibility index (Phi) is 7.73. The lowest BCUT2D eigenvalue weighted by Gasteiger charge is -2.20. The third-order valence-electron chi connectivity index (χ3n) is 5.42. The van der Waals surface area contributed by atoms with E-state index in [1.54, 1.807) is 12.3 Å². The van der Waals surface area contributed by atoms with Crippen molar-refractivity contribution in [3.05, 3.63) is 90.5 Å². The molecular weight excluding hydrogens is 489 g/mol. The molecule has 0 aliphatic rings. The Hall–Kier alpha value is -4.38. The summed E-state index contributed by atoms with van der Waals surface area (Å²) in [6.07, 6.45) is -1.51. The monoisotopic (exact) mass is 512 g/mol. The molecule has 0 saturated heterocycles. The number of aromatic nitrogens is 2. The maximum Gasteiger partial charge on any atom is 0.416 e. The number of alkyl halides is 3. The van der Waals surface area contributed by atoms with Crippen LogP contribution >= 0.6 is 0 Å². The highest BCUT2D eigenvalue weighted by Crippen LogP contribution is 2.31. The molecular formula is C26H23F3N4O4. The van der Waals surface area contributed by atoms with Crippen LogP contribution < -0.4 is 5.32 Å². The van der Waals surface area contributed by atoms with Gasteiger partial charge >= 0.3 is 6.18 Å². The molecule has 4 aromatic rings. The molecule has 2 amide bonds. The lowest BCUT2D eigenvalue weighted by molar-refractivity contribution is -0.137. The Morgan fingerprint density at radius 3 is 2.41 bits per heavy atom. The maximum atomic E-state index is 13.1. The minimum absolute atomic E-state index is 0.0709. The van der Waals surface area contributed by atoms with E-state index in [1.165, 1.54) is 41.0 Å². The summed E-state index contributed by atoms with van der Waals surface area (Å²) in [5.74, 6) is -0.898. The van der Waals surface area contributed by atoms with Gasteiger partial charge in [-0.25, -0.2) is 4.98 Å². The van der Waals surface area contributed by atoms with Crippen LogP contribution in [0.2, 0.25) is 0 Å². The van der Waals surface area contributed by atoms with Crippen molar-refractivity contribution in [2.45, 2.75) is 6.18 Å². The maximum absolute atomic E-state index is 13.1. The minimum atomic E-state index is -4.48. The second-order valence-electron chi connectivity index (χ2n) is 7.98. The zero-order valence-corrected chi connectivity index (χ0v) is 19.7. The number of carbonyl (C=O) groups is 2. The summed E-state index contributed by atoms with van der Waals surface area (Å²) in [5.41, 5.74) is 0.813. The first-order valence-corrected chi connectivity index (χ1v) is 11.2. The molecule has 8 nitrogen and oxygen atoms in total. The highest BCUT2D eigenvalue weighted by molar-refractivity contribution is 5.97. The number of rotatable bonds is 9. The predicted octanol–water partition coefficient (Wildman–Crippen LogP) is 4.88. The summed E-state index contributed by atoms with van der Waals surface area (Å²) in [7, 11) is 1.47. The van der Waals surface area contributed by atoms with Crippen LogP contribution in [-0.4, -0.2) is 53.1 Å². The van der Waals surface area contributed by atoms with Crippen LogP contribution in [0.5, 0.6) is 0 Å². The normalized spacial score (nSPS) is 11.4. The van der Waals surface area contributed by atoms with Crippen LogP contribution in [0, 0.1) is 0 Å². The molecule has 0 atom stereocenters. The molecule has 0 radical (unpaired) electrons. The molecule has 0 saturated carbocycles. The van der Waals surface area contributed by atoms with E-state index in [0.717, 1.165) is 17.7 Å². The number of nitrogens with one attached hydrogen (secondary N) is 1. The van der Waals surface area contributed by atoms with Crippen molar-refractivity contribution in [1.29, 1.82) is 0 Å². The van der Waals surface area contributed by atoms with Crippen LogP contribution in [0.25, 0.3) is 16.9 Å². The van der Waals surface area contributed by atoms with Gasteiger partial charge in [-0.1, -0.05) is 30.3 Å². The summed E-state index contributed by atoms with van der Waals surface area (Å²) < 4.78 is 50.8. The number of furan rings is 1. The molecule has 4 rings (SSSR count). The molecule has 1 N–H and O–H groups in total. The highest BCUT2D eigenvalue weighted by atomic mass is 19.4. The van der Waals surface area contributed by atoms with Crippen molar-refractivity contribution in [2.24, 2.45) is 0 Å². The van der Waals surface area contributed by atoms with Crippen molar-refractivity contribution in [3.63, 3.8) is 0 Å². The average molecular weight is 512 g/mol. The number of imidazole rings is 1. The van der Waals surface area contributed by atoms with Gasteiger partial charge in [0.05, 0.1) is 24.1 Å². The van der Waals surface area contributed by atoms with Gasteiger partial charge in [0.15, 0.2) is 5.76 Å². The van der Waals surface area contributed by atoms with E-state index < -0.39 is 23.6 Å². The lowest BCUT2D eigenvalue weighted by Crippen LogP contribution is -2.40. The number of halogens is 3. The number of hydrogen-bond acceptors (Lipinski definition) is 5. The van der Waals surface area contributed by atoms with Gasteiger partial charge in [0.2, 0.25) is 11.9 Å². The van der Waals surface area contributed by atoms with Crippen LogP contribution in [0.1, 0.15) is 16.1 Å². The Labute approximate surface area is 210 Å². The van der Waals surface area contributed by atoms with Gasteiger partial charge in [-0.2, -0.15) is 13.2 Å². The van der Waals surface area contributed by atoms with Gasteiger partial charge in [-0.15, -0.1) is 0 Å². The number of anilines is 1. The fourth-order valence-electron chi connectivity index (χ4n) is 3.57. The number of methoxy groups -OCH3 is 1. The van der Waals surface area contributed by atoms with Gasteiger partial charge < -0.3 is 14.1 Å². The first-order chi connectivity index (χ1) is 17.8. The molecule has 0 aliphatic carbocycles. The van der Waals surface area contributed by atoms with Crippen molar-refractivity contribution >= 4 is 17.8 Å². The number of carbonyl (C=O) groups excluding carboxylic acids is 2. The molecule has 0 unspecified atom stereocenters. The molecule has 0 spiro atoms. The lowest BCUT2D eigenvalue weighted by atomic mass is 10.2. The summed E-state index contributed by atoms with van der Waals surface area (Å²) in [6.45, 7) is -0.00639. The molecule has 2 heterocycles. The predicted molar refractivity (Wildman–Crippen MR) is 129 cm³/mol. The number of nitrogens with zero attached hydrogens (tertiary/aromatic N) is 3. The summed E-state index contributed by atoms with van der Waals surface area (Å²) >= 11 is 0. The number of ether oxygens (including phenoxy) is 1. The molecule has 0 bridgehead atoms. The van der Waals surface area contributed by atoms with E-state index >= 15 is 0 Å². The van der Waals surface area contributed by atoms with Crippen LogP contribution in [-0.2, 0) is 15.7 Å². The standard InChI is InChI=1S/C26H23F3N4O4/c1-36-15-13-32(24(35)22-8-5-14-37-22)17-23(34)31-25-30-21(18-6-3-2-4-7-18)16-33(25)20-11-9-19(10-12-20)26(27,28)29/h2-12,14,16H,13,15,17H2,1H3,(H,30,31,34). The highest BCUT2D eigenvalue weighted by Gasteiger charge is 2.30. The van der Waals surface area contributed by atoms with E-state index in [4.69, 9.17) is 9.15 Å². The van der Waals surface area contributed by atoms with Crippen LogP contribution in [0.3, 0.4) is 0 Å². The van der Waals surface area contributed by atoms with E-state index in [9.17, 15) is 22.8 Å². The third kappa shape index (κ3) is 6.25. The zero-order valence-electron chi connectivity index (χ0n) is 19.7. The first-order valence-electron chi connectivity index (χ1n) is 11.2. The summed E-state index contributed by atoms with van der Waals surface area (Å²) in [6, 6.07) is 16.7. The van der Waals surface area contributed by atoms with Crippen molar-refractivity contribution in [3.8, 4) is 16.9 Å². The van der Waals surface area contributed by atoms with Crippen molar-refractivity contribution < 1.29 is 31.9 Å². The summed E-state index contributed by atoms with van der Waals surface area (Å²) in [5, 5.41) is 2.68. The smallest absolute Gasteiger partial charge is 0.416 e. The molecule has 0 fully saturated rings. The SMILES string of the molecule is COCCN(CC(=O)Nc1nc(-c2ccccc2)cn1-c1ccc(C(F)(F)F)cc1)C(=O)c1ccco1. The van der Waals surface area contributed by atoms with E-state index in [1.807, 2.05) is 30.3 Å². The van der Waals surface area contributed by atoms with Crippen LogP contribution in [0.15, 0.2) is 83.6 Å². The van der Waals surface area contributed by atoms with E-state index in [2.05, 4.69) is 10.3 Å². The summed E-state index contributed by atoms with van der Waals surface area (Å²) in [4.78, 5) is 31.5. The molecule has 2 aromatic carbocycles. The number of hydrogen-bond donors (Lipinski definition) is 1. The molecule has 2 aromatic heterocycles. The fourth-order valence-corrected chi connectivity index (χ4v) is 3.57. The van der Waals surface area contributed by atoms with E-state index in [0.29, 0.717) is 11.4 Å². The molecule has 0 aliphatic heterocycles. The van der Waals surface area contributed by atoms with Gasteiger partial charge in [0.25, 0.3) is 5.91 Å². The second-order valence-corrected chi connectivity index (χ2v) is 7.98. The number of amides is 2. The fraction of sp³-hybridized carbons (Fsp3) is 0.192. The average Bonchev–Trinajstić information content (AvgIpc) is 3.57. The van der Waals surface area contributed by atoms with Crippen molar-refractivity contribution in [1.82, 2.24) is 14.5 Å². The minimum Gasteiger partial charge on any atom is -0.459 e. The van der Waals surface area contributed by atoms with Crippen LogP contribution in [0.4, 0.5) is 19.1 Å². The third-order valence-corrected chi connectivity index (χ3v) is 5.42. The Balaban J connectivity index is 1.62. The van der Waals surface area contributed by atoms with Gasteiger partial charge in [0, 0.05) is 31.1 Å². The molecule has 192 valence electrons. The molecule has 11 heteroatoms. The second kappa shape index (κ2) is 11.1. The zero-order chi connectivity index (χ0) is 26.4. The van der Waals surface area contributed by atoms with E-state index in [-0.39, 0.29) is 31.4 Å². The quantitative estimate of drug-likeness (QED) is 0.345. The number of benzene rings is 2. The Morgan fingerprint density at radius 2 is 1.78 bits per heavy atom. The first kappa shape index (κ1) is 25.7. The van der Waals surface area contributed by atoms with Crippen molar-refractivity contribution in [2.75, 3.05) is 32.1 Å². The van der Waals surface area contributed by atoms with Gasteiger partial charge in [-0.3, -0.25) is 19.5 Å². The Bertz CT molecular complexity index is 1330. The Morgan fingerprint density at radius 1 is 1.05 bits per heavy atom. The largest absolute Gasteiger partial charge is 0.459 e. The topological polar surface area (TPSA) is 89.6 Å². The molecule has 37 heavy (non-hydrogen) atoms. The van der Waals surface area contributed by atoms with Gasteiger partial charge in [-0.05, 0) is 36.4 Å². The van der Waals surface area contributed by atoms with Gasteiger partial charge in [0.1, 0.15) is 6.54 Å².